The van der Waals surface area contributed by atoms with Crippen LogP contribution in [0.15, 0.2) is 48.5 Å². The average molecular weight is 339 g/mol. The Kier molecular flexibility index (Phi) is 4.50. The van der Waals surface area contributed by atoms with Crippen molar-refractivity contribution >= 4 is 0 Å². The minimum Gasteiger partial charge on any atom is -0.439 e. The molecule has 2 aromatic carbocycles. The molecule has 1 aliphatic carbocycles. The van der Waals surface area contributed by atoms with E-state index in [9.17, 15) is 0 Å². The van der Waals surface area contributed by atoms with E-state index in [1.165, 1.54) is 23.1 Å². The molecule has 4 rings (SSSR count). The summed E-state index contributed by atoms with van der Waals surface area (Å²) in [5.74, 6) is 0.572. The molecule has 0 aromatic heterocycles. The molecule has 2 aromatic rings. The zero-order chi connectivity index (χ0) is 17.3. The van der Waals surface area contributed by atoms with Crippen LogP contribution in [0.1, 0.15) is 35.4 Å². The molecule has 0 amide bonds. The standard InChI is InChI=1S/C21H25NO3/c1-23-21(24-2)11-10-17-12-15(8-9-20(17)25-21)14-22-19-13-18(19)16-6-4-3-5-7-16/h3-9,12,18-19,22H,10-11,13-14H2,1-2H3/t18-,19+/m0/s1. The molecule has 0 unspecified atom stereocenters. The number of rotatable bonds is 6. The van der Waals surface area contributed by atoms with Gasteiger partial charge in [0.1, 0.15) is 5.75 Å². The van der Waals surface area contributed by atoms with E-state index in [0.29, 0.717) is 18.4 Å². The van der Waals surface area contributed by atoms with E-state index in [0.717, 1.165) is 18.7 Å². The van der Waals surface area contributed by atoms with Crippen LogP contribution in [0.4, 0.5) is 0 Å². The van der Waals surface area contributed by atoms with E-state index in [4.69, 9.17) is 14.2 Å². The third-order valence-corrected chi connectivity index (χ3v) is 5.30. The van der Waals surface area contributed by atoms with Crippen molar-refractivity contribution in [3.8, 4) is 5.75 Å². The molecule has 132 valence electrons. The molecule has 25 heavy (non-hydrogen) atoms. The minimum atomic E-state index is -0.941. The summed E-state index contributed by atoms with van der Waals surface area (Å²) in [5.41, 5.74) is 3.96. The second-order valence-corrected chi connectivity index (χ2v) is 6.88. The number of ether oxygens (including phenoxy) is 3. The first-order chi connectivity index (χ1) is 12.2. The van der Waals surface area contributed by atoms with E-state index in [2.05, 4.69) is 47.8 Å². The maximum atomic E-state index is 5.92. The van der Waals surface area contributed by atoms with E-state index < -0.39 is 5.97 Å². The molecule has 1 N–H and O–H groups in total. The Bertz CT molecular complexity index is 727. The lowest BCUT2D eigenvalue weighted by atomic mass is 10.0. The average Bonchev–Trinajstić information content (AvgIpc) is 3.46. The number of hydrogen-bond acceptors (Lipinski definition) is 4. The van der Waals surface area contributed by atoms with E-state index in [-0.39, 0.29) is 0 Å². The van der Waals surface area contributed by atoms with Gasteiger partial charge in [0, 0.05) is 39.1 Å². The Labute approximate surface area is 149 Å². The van der Waals surface area contributed by atoms with Gasteiger partial charge in [-0.2, -0.15) is 0 Å². The van der Waals surface area contributed by atoms with Crippen molar-refractivity contribution in [2.75, 3.05) is 14.2 Å². The van der Waals surface area contributed by atoms with Crippen molar-refractivity contribution in [2.24, 2.45) is 0 Å². The van der Waals surface area contributed by atoms with Crippen molar-refractivity contribution in [1.82, 2.24) is 5.32 Å². The molecule has 1 heterocycles. The second kappa shape index (κ2) is 6.79. The Morgan fingerprint density at radius 2 is 1.92 bits per heavy atom. The van der Waals surface area contributed by atoms with Crippen molar-refractivity contribution in [3.05, 3.63) is 65.2 Å². The summed E-state index contributed by atoms with van der Waals surface area (Å²) >= 11 is 0. The van der Waals surface area contributed by atoms with Gasteiger partial charge in [-0.1, -0.05) is 42.5 Å². The quantitative estimate of drug-likeness (QED) is 0.816. The Morgan fingerprint density at radius 1 is 1.12 bits per heavy atom. The predicted octanol–water partition coefficient (Wildman–Crippen LogP) is 3.60. The summed E-state index contributed by atoms with van der Waals surface area (Å²) < 4.78 is 16.7. The van der Waals surface area contributed by atoms with Gasteiger partial charge in [0.05, 0.1) is 0 Å². The van der Waals surface area contributed by atoms with Crippen LogP contribution in [0, 0.1) is 0 Å². The van der Waals surface area contributed by atoms with Crippen LogP contribution in [0.5, 0.6) is 5.75 Å². The van der Waals surface area contributed by atoms with Gasteiger partial charge in [-0.3, -0.25) is 0 Å². The summed E-state index contributed by atoms with van der Waals surface area (Å²) in [6, 6.07) is 17.7. The normalized spacial score (nSPS) is 23.6. The maximum absolute atomic E-state index is 5.92. The summed E-state index contributed by atoms with van der Waals surface area (Å²) in [6.45, 7) is 0.890. The van der Waals surface area contributed by atoms with Gasteiger partial charge >= 0.3 is 5.97 Å². The van der Waals surface area contributed by atoms with Crippen LogP contribution < -0.4 is 10.1 Å². The van der Waals surface area contributed by atoms with Gasteiger partial charge in [0.2, 0.25) is 0 Å². The summed E-state index contributed by atoms with van der Waals surface area (Å²) in [7, 11) is 3.23. The van der Waals surface area contributed by atoms with Crippen LogP contribution in [0.2, 0.25) is 0 Å². The smallest absolute Gasteiger partial charge is 0.326 e. The minimum absolute atomic E-state index is 0.587. The number of nitrogens with one attached hydrogen (secondary N) is 1. The SMILES string of the molecule is COC1(OC)CCc2cc(CN[C@@H]3C[C@H]3c3ccccc3)ccc2O1. The second-order valence-electron chi connectivity index (χ2n) is 6.88. The fraction of sp³-hybridized carbons (Fsp3) is 0.429. The van der Waals surface area contributed by atoms with Crippen LogP contribution in [-0.2, 0) is 22.4 Å². The number of benzene rings is 2. The first-order valence-electron chi connectivity index (χ1n) is 8.92. The van der Waals surface area contributed by atoms with Gasteiger partial charge in [0.25, 0.3) is 0 Å². The lowest BCUT2D eigenvalue weighted by molar-refractivity contribution is -0.329. The molecular formula is C21H25NO3. The van der Waals surface area contributed by atoms with Crippen molar-refractivity contribution in [2.45, 2.75) is 43.7 Å². The molecule has 4 nitrogen and oxygen atoms in total. The van der Waals surface area contributed by atoms with E-state index >= 15 is 0 Å². The largest absolute Gasteiger partial charge is 0.439 e. The molecule has 1 saturated carbocycles. The number of hydrogen-bond donors (Lipinski definition) is 1. The number of aryl methyl sites for hydroxylation is 1. The fourth-order valence-corrected chi connectivity index (χ4v) is 3.65. The molecule has 2 aliphatic rings. The van der Waals surface area contributed by atoms with Crippen molar-refractivity contribution in [3.63, 3.8) is 0 Å². The van der Waals surface area contributed by atoms with Gasteiger partial charge in [-0.25, -0.2) is 0 Å². The lowest BCUT2D eigenvalue weighted by Crippen LogP contribution is -2.43. The van der Waals surface area contributed by atoms with Crippen molar-refractivity contribution < 1.29 is 14.2 Å². The molecule has 0 bridgehead atoms. The molecule has 0 saturated heterocycles. The molecule has 1 fully saturated rings. The zero-order valence-electron chi connectivity index (χ0n) is 14.8. The predicted molar refractivity (Wildman–Crippen MR) is 96.6 cm³/mol. The van der Waals surface area contributed by atoms with Crippen LogP contribution in [0.3, 0.4) is 0 Å². The first kappa shape index (κ1) is 16.6. The van der Waals surface area contributed by atoms with Gasteiger partial charge in [0.15, 0.2) is 0 Å². The fourth-order valence-electron chi connectivity index (χ4n) is 3.65. The summed E-state index contributed by atoms with van der Waals surface area (Å²) in [4.78, 5) is 0. The van der Waals surface area contributed by atoms with E-state index in [1.807, 2.05) is 6.07 Å². The molecule has 1 aliphatic heterocycles. The van der Waals surface area contributed by atoms with E-state index in [1.54, 1.807) is 14.2 Å². The Balaban J connectivity index is 1.36. The van der Waals surface area contributed by atoms with Crippen LogP contribution in [0.25, 0.3) is 0 Å². The maximum Gasteiger partial charge on any atom is 0.326 e. The molecule has 0 spiro atoms. The highest BCUT2D eigenvalue weighted by Gasteiger charge is 2.38. The topological polar surface area (TPSA) is 39.7 Å². The lowest BCUT2D eigenvalue weighted by Gasteiger charge is -2.35. The molecular weight excluding hydrogens is 314 g/mol. The third kappa shape index (κ3) is 3.43. The molecule has 2 atom stereocenters. The highest BCUT2D eigenvalue weighted by Crippen LogP contribution is 2.41. The number of methoxy groups -OCH3 is 2. The monoisotopic (exact) mass is 339 g/mol. The Morgan fingerprint density at radius 3 is 2.68 bits per heavy atom. The third-order valence-electron chi connectivity index (χ3n) is 5.30. The molecule has 0 radical (unpaired) electrons. The Hall–Kier alpha value is -1.88. The van der Waals surface area contributed by atoms with Gasteiger partial charge in [-0.05, 0) is 35.6 Å². The highest BCUT2D eigenvalue weighted by molar-refractivity contribution is 5.39. The zero-order valence-corrected chi connectivity index (χ0v) is 14.8. The summed E-state index contributed by atoms with van der Waals surface area (Å²) in [6.07, 6.45) is 2.81. The van der Waals surface area contributed by atoms with Crippen LogP contribution in [-0.4, -0.2) is 26.2 Å². The van der Waals surface area contributed by atoms with Gasteiger partial charge < -0.3 is 19.5 Å². The van der Waals surface area contributed by atoms with Crippen LogP contribution >= 0.6 is 0 Å². The van der Waals surface area contributed by atoms with Crippen molar-refractivity contribution in [1.29, 1.82) is 0 Å². The molecule has 4 heteroatoms. The first-order valence-corrected chi connectivity index (χ1v) is 8.92. The number of fused-ring (bicyclic) bond motifs is 1. The highest BCUT2D eigenvalue weighted by atomic mass is 16.9. The summed E-state index contributed by atoms with van der Waals surface area (Å²) in [5, 5.41) is 3.68. The van der Waals surface area contributed by atoms with Gasteiger partial charge in [-0.15, -0.1) is 0 Å².